The summed E-state index contributed by atoms with van der Waals surface area (Å²) in [5, 5.41) is 56.6. The van der Waals surface area contributed by atoms with E-state index in [9.17, 15) is 30.3 Å². The van der Waals surface area contributed by atoms with Crippen molar-refractivity contribution in [1.82, 2.24) is 5.32 Å². The molecule has 0 heterocycles. The monoisotopic (exact) mass is 854 g/mol. The lowest BCUT2D eigenvalue weighted by Crippen LogP contribution is -2.53. The molecule has 8 heteroatoms. The summed E-state index contributed by atoms with van der Waals surface area (Å²) in [6, 6.07) is -0.839. The number of unbranched alkanes of at least 4 members (excludes halogenated alkanes) is 33. The zero-order chi connectivity index (χ0) is 43.7. The van der Waals surface area contributed by atoms with Crippen LogP contribution in [-0.4, -0.2) is 80.7 Å². The maximum absolute atomic E-state index is 13.1. The number of ether oxygens (including phenoxy) is 1. The first-order chi connectivity index (χ1) is 29.3. The van der Waals surface area contributed by atoms with Crippen LogP contribution >= 0.6 is 0 Å². The molecule has 1 aliphatic rings. The van der Waals surface area contributed by atoms with Crippen LogP contribution in [0.25, 0.3) is 0 Å². The Hall–Kier alpha value is -0.770. The summed E-state index contributed by atoms with van der Waals surface area (Å²) >= 11 is 0. The highest BCUT2D eigenvalue weighted by molar-refractivity contribution is 5.76. The predicted octanol–water partition coefficient (Wildman–Crippen LogP) is 12.7. The quantitative estimate of drug-likeness (QED) is 0.0336. The van der Waals surface area contributed by atoms with Crippen molar-refractivity contribution in [3.05, 3.63) is 0 Å². The van der Waals surface area contributed by atoms with Gasteiger partial charge in [-0.05, 0) is 25.7 Å². The van der Waals surface area contributed by atoms with Crippen LogP contribution in [-0.2, 0) is 9.53 Å². The van der Waals surface area contributed by atoms with E-state index in [1.165, 1.54) is 186 Å². The fraction of sp³-hybridized carbons (Fsp3) is 0.981. The van der Waals surface area contributed by atoms with E-state index in [0.29, 0.717) is 32.1 Å². The summed E-state index contributed by atoms with van der Waals surface area (Å²) < 4.78 is 6.05. The van der Waals surface area contributed by atoms with Crippen molar-refractivity contribution in [2.45, 2.75) is 320 Å². The molecule has 6 N–H and O–H groups in total. The smallest absolute Gasteiger partial charge is 0.220 e. The van der Waals surface area contributed by atoms with Gasteiger partial charge in [-0.25, -0.2) is 0 Å². The lowest BCUT2D eigenvalue weighted by atomic mass is 9.92. The number of aliphatic hydroxyl groups is 5. The molecule has 1 rings (SSSR count). The molecule has 358 valence electrons. The predicted molar refractivity (Wildman–Crippen MR) is 252 cm³/mol. The van der Waals surface area contributed by atoms with Crippen LogP contribution in [0.15, 0.2) is 0 Å². The Bertz CT molecular complexity index is 908. The Morgan fingerprint density at radius 1 is 0.500 bits per heavy atom. The Labute approximate surface area is 371 Å². The highest BCUT2D eigenvalue weighted by Crippen LogP contribution is 2.23. The van der Waals surface area contributed by atoms with Gasteiger partial charge in [-0.2, -0.15) is 0 Å². The van der Waals surface area contributed by atoms with Crippen molar-refractivity contribution >= 4 is 5.91 Å². The molecule has 60 heavy (non-hydrogen) atoms. The lowest BCUT2D eigenvalue weighted by Gasteiger charge is -2.34. The molecule has 0 aromatic heterocycles. The molecule has 0 radical (unpaired) electrons. The van der Waals surface area contributed by atoms with Crippen molar-refractivity contribution in [2.75, 3.05) is 6.61 Å². The molecule has 1 unspecified atom stereocenters. The second-order valence-electron chi connectivity index (χ2n) is 19.1. The van der Waals surface area contributed by atoms with E-state index in [2.05, 4.69) is 19.2 Å². The average Bonchev–Trinajstić information content (AvgIpc) is 3.24. The molecule has 0 bridgehead atoms. The van der Waals surface area contributed by atoms with Crippen molar-refractivity contribution in [3.63, 3.8) is 0 Å². The van der Waals surface area contributed by atoms with Crippen molar-refractivity contribution < 1.29 is 35.1 Å². The minimum absolute atomic E-state index is 0.0909. The number of hydrogen-bond donors (Lipinski definition) is 6. The molecule has 1 fully saturated rings. The maximum Gasteiger partial charge on any atom is 0.220 e. The summed E-state index contributed by atoms with van der Waals surface area (Å²) in [4.78, 5) is 13.1. The highest BCUT2D eigenvalue weighted by Gasteiger charge is 2.35. The Balaban J connectivity index is 2.26. The van der Waals surface area contributed by atoms with Gasteiger partial charge in [0.25, 0.3) is 0 Å². The number of carbonyl (C=O) groups is 1. The second-order valence-corrected chi connectivity index (χ2v) is 19.1. The molecule has 8 nitrogen and oxygen atoms in total. The summed E-state index contributed by atoms with van der Waals surface area (Å²) in [5.74, 6) is -0.169. The van der Waals surface area contributed by atoms with E-state index in [1.54, 1.807) is 0 Å². The SMILES string of the molecule is CCCCCCCCCCCCCCCCCCCCCCCCCC(=O)N[C@@H](CO[C@H]1CCCC[C@H](O)[C@H](O)C1O)[C@H](O)[C@H](O)CCCCCCCCCCCCCC. The number of hydrogen-bond acceptors (Lipinski definition) is 7. The normalized spacial score (nSPS) is 20.1. The molecular formula is C52H103NO7. The zero-order valence-corrected chi connectivity index (χ0v) is 39.8. The largest absolute Gasteiger partial charge is 0.390 e. The van der Waals surface area contributed by atoms with Crippen molar-refractivity contribution in [2.24, 2.45) is 0 Å². The van der Waals surface area contributed by atoms with Gasteiger partial charge < -0.3 is 35.6 Å². The van der Waals surface area contributed by atoms with Crippen LogP contribution in [0.3, 0.4) is 0 Å². The summed E-state index contributed by atoms with van der Waals surface area (Å²) in [7, 11) is 0. The van der Waals surface area contributed by atoms with E-state index in [0.717, 1.165) is 44.9 Å². The van der Waals surface area contributed by atoms with Crippen LogP contribution in [0, 0.1) is 0 Å². The van der Waals surface area contributed by atoms with Crippen LogP contribution in [0.4, 0.5) is 0 Å². The van der Waals surface area contributed by atoms with Gasteiger partial charge in [0, 0.05) is 6.42 Å². The van der Waals surface area contributed by atoms with E-state index in [-0.39, 0.29) is 12.5 Å². The number of amides is 1. The average molecular weight is 854 g/mol. The van der Waals surface area contributed by atoms with Crippen LogP contribution < -0.4 is 5.32 Å². The van der Waals surface area contributed by atoms with Gasteiger partial charge in [-0.15, -0.1) is 0 Å². The highest BCUT2D eigenvalue weighted by atomic mass is 16.5. The van der Waals surface area contributed by atoms with Gasteiger partial charge >= 0.3 is 0 Å². The number of carbonyl (C=O) groups excluding carboxylic acids is 1. The Morgan fingerprint density at radius 3 is 1.25 bits per heavy atom. The lowest BCUT2D eigenvalue weighted by molar-refractivity contribution is -0.143. The molecule has 0 spiro atoms. The molecule has 7 atom stereocenters. The standard InChI is InChI=1S/C52H103NO7/c1-3-5-7-9-11-13-15-17-18-19-20-21-22-23-24-25-26-27-29-31-33-35-37-43-49(56)53-45(44-60-48-42-39-38-41-47(55)51(58)52(48)59)50(57)46(54)40-36-34-32-30-28-16-14-12-10-8-6-4-2/h45-48,50-52,54-55,57-59H,3-44H2,1-2H3,(H,53,56)/t45-,46+,47-,48-,50-,51-,52?/m0/s1. The molecule has 0 saturated heterocycles. The molecule has 0 aromatic rings. The second kappa shape index (κ2) is 42.2. The third kappa shape index (κ3) is 32.8. The van der Waals surface area contributed by atoms with Crippen LogP contribution in [0.1, 0.15) is 277 Å². The Kier molecular flexibility index (Phi) is 40.3. The van der Waals surface area contributed by atoms with Gasteiger partial charge in [-0.1, -0.05) is 245 Å². The topological polar surface area (TPSA) is 139 Å². The van der Waals surface area contributed by atoms with Crippen LogP contribution in [0.2, 0.25) is 0 Å². The Morgan fingerprint density at radius 2 is 0.850 bits per heavy atom. The van der Waals surface area contributed by atoms with Crippen molar-refractivity contribution in [3.8, 4) is 0 Å². The number of aliphatic hydroxyl groups excluding tert-OH is 5. The summed E-state index contributed by atoms with van der Waals surface area (Å²) in [6.07, 6.45) is 41.8. The summed E-state index contributed by atoms with van der Waals surface area (Å²) in [5.41, 5.74) is 0. The molecular weight excluding hydrogens is 751 g/mol. The first-order valence-corrected chi connectivity index (χ1v) is 26.6. The first-order valence-electron chi connectivity index (χ1n) is 26.6. The van der Waals surface area contributed by atoms with E-state index < -0.39 is 42.7 Å². The zero-order valence-electron chi connectivity index (χ0n) is 39.8. The van der Waals surface area contributed by atoms with Gasteiger partial charge in [0.05, 0.1) is 31.0 Å². The van der Waals surface area contributed by atoms with Gasteiger partial charge in [0.2, 0.25) is 5.91 Å². The fourth-order valence-corrected chi connectivity index (χ4v) is 9.11. The number of nitrogens with one attached hydrogen (secondary N) is 1. The molecule has 1 aliphatic carbocycles. The van der Waals surface area contributed by atoms with Crippen molar-refractivity contribution in [1.29, 1.82) is 0 Å². The third-order valence-corrected chi connectivity index (χ3v) is 13.4. The number of rotatable bonds is 43. The van der Waals surface area contributed by atoms with E-state index in [4.69, 9.17) is 4.74 Å². The molecule has 0 aliphatic heterocycles. The molecule has 0 aromatic carbocycles. The van der Waals surface area contributed by atoms with E-state index >= 15 is 0 Å². The molecule has 1 saturated carbocycles. The summed E-state index contributed by atoms with van der Waals surface area (Å²) in [6.45, 7) is 4.45. The van der Waals surface area contributed by atoms with E-state index in [1.807, 2.05) is 0 Å². The molecule has 1 amide bonds. The first kappa shape index (κ1) is 57.2. The maximum atomic E-state index is 13.1. The van der Waals surface area contributed by atoms with Gasteiger partial charge in [0.15, 0.2) is 0 Å². The minimum atomic E-state index is -1.32. The van der Waals surface area contributed by atoms with Crippen LogP contribution in [0.5, 0.6) is 0 Å². The fourth-order valence-electron chi connectivity index (χ4n) is 9.11. The third-order valence-electron chi connectivity index (χ3n) is 13.4. The van der Waals surface area contributed by atoms with Gasteiger partial charge in [0.1, 0.15) is 18.3 Å². The van der Waals surface area contributed by atoms with Gasteiger partial charge in [-0.3, -0.25) is 4.79 Å². The minimum Gasteiger partial charge on any atom is -0.390 e.